The summed E-state index contributed by atoms with van der Waals surface area (Å²) >= 11 is 18.5. The molecule has 3 aromatic rings. The summed E-state index contributed by atoms with van der Waals surface area (Å²) in [6, 6.07) is 11.5. The van der Waals surface area contributed by atoms with E-state index in [0.717, 1.165) is 0 Å². The number of ether oxygens (including phenoxy) is 1. The van der Waals surface area contributed by atoms with E-state index in [2.05, 4.69) is 15.4 Å². The van der Waals surface area contributed by atoms with Gasteiger partial charge in [-0.15, -0.1) is 10.2 Å². The van der Waals surface area contributed by atoms with Crippen LogP contribution in [0.25, 0.3) is 11.4 Å². The number of nitrogens with two attached hydrogens (primary N) is 1. The van der Waals surface area contributed by atoms with Gasteiger partial charge in [-0.25, -0.2) is 4.79 Å². The SMILES string of the molecule is NC(=O)OCC(c1ccccc1Cl)n1nnc(-c2cccc(Cl)c2Cl)n1. The van der Waals surface area contributed by atoms with E-state index in [0.29, 0.717) is 26.2 Å². The second-order valence-electron chi connectivity index (χ2n) is 5.20. The number of benzene rings is 2. The zero-order valence-electron chi connectivity index (χ0n) is 13.1. The fourth-order valence-corrected chi connectivity index (χ4v) is 2.98. The third-order valence-corrected chi connectivity index (χ3v) is 4.71. The van der Waals surface area contributed by atoms with E-state index >= 15 is 0 Å². The zero-order valence-corrected chi connectivity index (χ0v) is 15.4. The first-order valence-corrected chi connectivity index (χ1v) is 8.51. The number of rotatable bonds is 5. The monoisotopic (exact) mass is 411 g/mol. The van der Waals surface area contributed by atoms with Crippen molar-refractivity contribution in [1.82, 2.24) is 20.2 Å². The maximum Gasteiger partial charge on any atom is 0.404 e. The van der Waals surface area contributed by atoms with Gasteiger partial charge in [0.1, 0.15) is 12.6 Å². The molecule has 1 unspecified atom stereocenters. The highest BCUT2D eigenvalue weighted by Gasteiger charge is 2.22. The lowest BCUT2D eigenvalue weighted by Crippen LogP contribution is -2.24. The van der Waals surface area contributed by atoms with Crippen molar-refractivity contribution in [2.24, 2.45) is 5.73 Å². The summed E-state index contributed by atoms with van der Waals surface area (Å²) in [5, 5.41) is 13.6. The molecule has 7 nitrogen and oxygen atoms in total. The number of amides is 1. The highest BCUT2D eigenvalue weighted by atomic mass is 35.5. The fourth-order valence-electron chi connectivity index (χ4n) is 2.33. The van der Waals surface area contributed by atoms with E-state index in [9.17, 15) is 4.79 Å². The topological polar surface area (TPSA) is 95.9 Å². The van der Waals surface area contributed by atoms with Gasteiger partial charge < -0.3 is 10.5 Å². The Balaban J connectivity index is 2.00. The van der Waals surface area contributed by atoms with Crippen LogP contribution in [0.5, 0.6) is 0 Å². The molecular formula is C16H12Cl3N5O2. The van der Waals surface area contributed by atoms with Crippen molar-refractivity contribution in [2.45, 2.75) is 6.04 Å². The highest BCUT2D eigenvalue weighted by molar-refractivity contribution is 6.43. The number of primary amides is 1. The number of tetrazole rings is 1. The smallest absolute Gasteiger partial charge is 0.404 e. The van der Waals surface area contributed by atoms with Gasteiger partial charge in [0.25, 0.3) is 0 Å². The van der Waals surface area contributed by atoms with E-state index < -0.39 is 12.1 Å². The van der Waals surface area contributed by atoms with Gasteiger partial charge in [-0.05, 0) is 23.4 Å². The lowest BCUT2D eigenvalue weighted by atomic mass is 10.1. The van der Waals surface area contributed by atoms with E-state index in [1.165, 1.54) is 4.80 Å². The van der Waals surface area contributed by atoms with Crippen LogP contribution in [0.4, 0.5) is 4.79 Å². The molecule has 0 radical (unpaired) electrons. The average Bonchev–Trinajstić information content (AvgIpc) is 3.08. The summed E-state index contributed by atoms with van der Waals surface area (Å²) in [6.07, 6.45) is -0.916. The van der Waals surface area contributed by atoms with Crippen LogP contribution in [0.15, 0.2) is 42.5 Å². The highest BCUT2D eigenvalue weighted by Crippen LogP contribution is 2.32. The van der Waals surface area contributed by atoms with Crippen molar-refractivity contribution in [1.29, 1.82) is 0 Å². The molecule has 0 spiro atoms. The Morgan fingerprint density at radius 2 is 1.85 bits per heavy atom. The molecule has 0 fully saturated rings. The van der Waals surface area contributed by atoms with Crippen molar-refractivity contribution in [3.63, 3.8) is 0 Å². The van der Waals surface area contributed by atoms with Crippen molar-refractivity contribution >= 4 is 40.9 Å². The van der Waals surface area contributed by atoms with E-state index in [1.54, 1.807) is 42.5 Å². The van der Waals surface area contributed by atoms with Crippen LogP contribution in [-0.4, -0.2) is 32.9 Å². The summed E-state index contributed by atoms with van der Waals surface area (Å²) in [5.41, 5.74) is 6.25. The van der Waals surface area contributed by atoms with Crippen LogP contribution in [0.1, 0.15) is 11.6 Å². The first-order valence-electron chi connectivity index (χ1n) is 7.38. The molecule has 0 aliphatic heterocycles. The molecule has 134 valence electrons. The van der Waals surface area contributed by atoms with Gasteiger partial charge in [-0.3, -0.25) is 0 Å². The first kappa shape index (κ1) is 18.4. The van der Waals surface area contributed by atoms with Gasteiger partial charge in [0, 0.05) is 16.1 Å². The number of halogens is 3. The van der Waals surface area contributed by atoms with E-state index in [-0.39, 0.29) is 12.4 Å². The van der Waals surface area contributed by atoms with Crippen LogP contribution in [0, 0.1) is 0 Å². The van der Waals surface area contributed by atoms with Crippen LogP contribution in [0.2, 0.25) is 15.1 Å². The Kier molecular flexibility index (Phi) is 5.61. The summed E-state index contributed by atoms with van der Waals surface area (Å²) < 4.78 is 4.93. The van der Waals surface area contributed by atoms with Crippen LogP contribution in [0.3, 0.4) is 0 Å². The molecule has 1 amide bonds. The van der Waals surface area contributed by atoms with Gasteiger partial charge in [0.05, 0.1) is 10.0 Å². The van der Waals surface area contributed by atoms with Crippen LogP contribution < -0.4 is 5.73 Å². The van der Waals surface area contributed by atoms with Gasteiger partial charge >= 0.3 is 6.09 Å². The first-order chi connectivity index (χ1) is 12.5. The Bertz CT molecular complexity index is 947. The van der Waals surface area contributed by atoms with E-state index in [4.69, 9.17) is 45.3 Å². The van der Waals surface area contributed by atoms with Crippen molar-refractivity contribution in [3.05, 3.63) is 63.1 Å². The number of aromatic nitrogens is 4. The average molecular weight is 413 g/mol. The van der Waals surface area contributed by atoms with Gasteiger partial charge in [-0.1, -0.05) is 59.1 Å². The molecule has 1 heterocycles. The molecule has 0 saturated heterocycles. The third kappa shape index (κ3) is 3.90. The molecule has 2 aromatic carbocycles. The van der Waals surface area contributed by atoms with Crippen molar-refractivity contribution in [3.8, 4) is 11.4 Å². The minimum Gasteiger partial charge on any atom is -0.447 e. The summed E-state index contributed by atoms with van der Waals surface area (Å²) in [5.74, 6) is 0.272. The normalized spacial score (nSPS) is 12.0. The second-order valence-corrected chi connectivity index (χ2v) is 6.39. The van der Waals surface area contributed by atoms with Crippen molar-refractivity contribution < 1.29 is 9.53 Å². The minimum absolute atomic E-state index is 0.113. The Morgan fingerprint density at radius 1 is 1.12 bits per heavy atom. The zero-order chi connectivity index (χ0) is 18.7. The number of nitrogens with zero attached hydrogens (tertiary/aromatic N) is 4. The molecule has 1 atom stereocenters. The predicted octanol–water partition coefficient (Wildman–Crippen LogP) is 3.99. The number of carbonyl (C=O) groups excluding carboxylic acids is 1. The van der Waals surface area contributed by atoms with Gasteiger partial charge in [-0.2, -0.15) is 4.80 Å². The lowest BCUT2D eigenvalue weighted by molar-refractivity contribution is 0.139. The van der Waals surface area contributed by atoms with Gasteiger partial charge in [0.2, 0.25) is 5.82 Å². The summed E-state index contributed by atoms with van der Waals surface area (Å²) in [4.78, 5) is 12.3. The Morgan fingerprint density at radius 3 is 2.58 bits per heavy atom. The minimum atomic E-state index is -0.916. The maximum absolute atomic E-state index is 11.0. The van der Waals surface area contributed by atoms with Crippen LogP contribution >= 0.6 is 34.8 Å². The summed E-state index contributed by atoms with van der Waals surface area (Å²) in [6.45, 7) is -0.113. The lowest BCUT2D eigenvalue weighted by Gasteiger charge is -2.16. The molecule has 2 N–H and O–H groups in total. The Hall–Kier alpha value is -2.35. The van der Waals surface area contributed by atoms with Crippen molar-refractivity contribution in [2.75, 3.05) is 6.61 Å². The quantitative estimate of drug-likeness (QED) is 0.683. The van der Waals surface area contributed by atoms with Crippen LogP contribution in [-0.2, 0) is 4.74 Å². The molecular weight excluding hydrogens is 401 g/mol. The third-order valence-electron chi connectivity index (χ3n) is 3.55. The maximum atomic E-state index is 11.0. The molecule has 10 heteroatoms. The molecule has 0 bridgehead atoms. The molecule has 3 rings (SSSR count). The predicted molar refractivity (Wildman–Crippen MR) is 98.4 cm³/mol. The summed E-state index contributed by atoms with van der Waals surface area (Å²) in [7, 11) is 0. The number of hydrogen-bond donors (Lipinski definition) is 1. The molecule has 0 saturated carbocycles. The largest absolute Gasteiger partial charge is 0.447 e. The Labute approximate surface area is 163 Å². The fraction of sp³-hybridized carbons (Fsp3) is 0.125. The van der Waals surface area contributed by atoms with E-state index in [1.807, 2.05) is 0 Å². The molecule has 0 aliphatic carbocycles. The molecule has 1 aromatic heterocycles. The molecule has 26 heavy (non-hydrogen) atoms. The number of carbonyl (C=O) groups is 1. The molecule has 0 aliphatic rings. The second kappa shape index (κ2) is 7.90. The standard InChI is InChI=1S/C16H12Cl3N5O2/c17-11-6-2-1-4-9(11)13(8-26-16(20)25)24-22-15(21-23-24)10-5-3-7-12(18)14(10)19/h1-7,13H,8H2,(H2,20,25). The van der Waals surface area contributed by atoms with Gasteiger partial charge in [0.15, 0.2) is 0 Å². The number of hydrogen-bond acceptors (Lipinski definition) is 5.